The summed E-state index contributed by atoms with van der Waals surface area (Å²) in [6, 6.07) is 7.76. The van der Waals surface area contributed by atoms with Crippen LogP contribution >= 0.6 is 21.9 Å². The summed E-state index contributed by atoms with van der Waals surface area (Å²) in [5.41, 5.74) is 1.91. The van der Waals surface area contributed by atoms with Gasteiger partial charge in [0.1, 0.15) is 0 Å². The van der Waals surface area contributed by atoms with Crippen LogP contribution in [0.3, 0.4) is 0 Å². The van der Waals surface area contributed by atoms with Crippen LogP contribution in [-0.4, -0.2) is 31.7 Å². The van der Waals surface area contributed by atoms with Crippen molar-refractivity contribution in [1.82, 2.24) is 5.32 Å². The summed E-state index contributed by atoms with van der Waals surface area (Å²) in [6.07, 6.45) is 18.4. The molecule has 0 aliphatic rings. The molecule has 0 aliphatic carbocycles. The fraction of sp³-hybridized carbons (Fsp3) is 0.429. The third kappa shape index (κ3) is 13.5. The molecule has 0 bridgehead atoms. The molecule has 0 heterocycles. The molecule has 0 atom stereocenters. The third-order valence-electron chi connectivity index (χ3n) is 3.73. The summed E-state index contributed by atoms with van der Waals surface area (Å²) in [4.78, 5) is 0. The lowest BCUT2D eigenvalue weighted by molar-refractivity contribution is 0.279. The van der Waals surface area contributed by atoms with E-state index in [1.807, 2.05) is 36.5 Å². The predicted octanol–water partition coefficient (Wildman–Crippen LogP) is 6.08. The van der Waals surface area contributed by atoms with Gasteiger partial charge in [-0.15, -0.1) is 0 Å². The van der Waals surface area contributed by atoms with Gasteiger partial charge in [0.15, 0.2) is 0 Å². The average Bonchev–Trinajstić information content (AvgIpc) is 2.68. The van der Waals surface area contributed by atoms with Gasteiger partial charge in [0.2, 0.25) is 0 Å². The van der Waals surface area contributed by atoms with E-state index in [0.29, 0.717) is 0 Å². The highest BCUT2D eigenvalue weighted by Crippen LogP contribution is 2.22. The lowest BCUT2D eigenvalue weighted by Gasteiger charge is -2.09. The SMILES string of the molecule is COSSCCCCCCN/C=C\C=C/C/C=C/c1ccc(N(C)O)cc1. The van der Waals surface area contributed by atoms with Crippen molar-refractivity contribution in [2.45, 2.75) is 32.1 Å². The molecule has 6 heteroatoms. The molecule has 1 rings (SSSR count). The van der Waals surface area contributed by atoms with Gasteiger partial charge in [-0.2, -0.15) is 0 Å². The van der Waals surface area contributed by atoms with Gasteiger partial charge >= 0.3 is 0 Å². The highest BCUT2D eigenvalue weighted by atomic mass is 33.1. The van der Waals surface area contributed by atoms with E-state index in [-0.39, 0.29) is 0 Å². The third-order valence-corrected chi connectivity index (χ3v) is 5.61. The van der Waals surface area contributed by atoms with Crippen LogP contribution in [0.5, 0.6) is 0 Å². The van der Waals surface area contributed by atoms with E-state index >= 15 is 0 Å². The highest BCUT2D eigenvalue weighted by Gasteiger charge is 1.94. The molecule has 0 unspecified atom stereocenters. The van der Waals surface area contributed by atoms with Crippen LogP contribution < -0.4 is 10.4 Å². The Morgan fingerprint density at radius 1 is 1.07 bits per heavy atom. The minimum atomic E-state index is 0.782. The van der Waals surface area contributed by atoms with Crippen LogP contribution in [0, 0.1) is 0 Å². The molecule has 0 aromatic heterocycles. The molecule has 27 heavy (non-hydrogen) atoms. The second-order valence-electron chi connectivity index (χ2n) is 5.97. The Kier molecular flexibility index (Phi) is 14.8. The molecule has 1 aromatic carbocycles. The Balaban J connectivity index is 2.00. The van der Waals surface area contributed by atoms with Crippen molar-refractivity contribution in [2.75, 3.05) is 31.5 Å². The second kappa shape index (κ2) is 16.8. The Morgan fingerprint density at radius 2 is 1.85 bits per heavy atom. The zero-order valence-corrected chi connectivity index (χ0v) is 18.0. The van der Waals surface area contributed by atoms with E-state index in [1.54, 1.807) is 25.0 Å². The number of hydroxylamine groups is 1. The zero-order chi connectivity index (χ0) is 19.6. The first-order valence-electron chi connectivity index (χ1n) is 9.30. The van der Waals surface area contributed by atoms with Crippen molar-refractivity contribution in [3.8, 4) is 0 Å². The van der Waals surface area contributed by atoms with Crippen LogP contribution in [0.15, 0.2) is 54.8 Å². The highest BCUT2D eigenvalue weighted by molar-refractivity contribution is 8.74. The number of nitrogens with one attached hydrogen (secondary N) is 1. The van der Waals surface area contributed by atoms with Gasteiger partial charge in [-0.05, 0) is 49.2 Å². The first kappa shape index (κ1) is 23.7. The van der Waals surface area contributed by atoms with Crippen molar-refractivity contribution < 1.29 is 9.39 Å². The lowest BCUT2D eigenvalue weighted by Crippen LogP contribution is -2.09. The van der Waals surface area contributed by atoms with Crippen LogP contribution in [0.2, 0.25) is 0 Å². The van der Waals surface area contributed by atoms with Crippen molar-refractivity contribution >= 4 is 33.6 Å². The summed E-state index contributed by atoms with van der Waals surface area (Å²) >= 11 is 1.47. The summed E-state index contributed by atoms with van der Waals surface area (Å²) in [7, 11) is 5.10. The Labute approximate surface area is 172 Å². The summed E-state index contributed by atoms with van der Waals surface area (Å²) in [6.45, 7) is 1.03. The summed E-state index contributed by atoms with van der Waals surface area (Å²) in [5, 5.41) is 13.8. The van der Waals surface area contributed by atoms with E-state index in [4.69, 9.17) is 4.18 Å². The molecule has 0 spiro atoms. The van der Waals surface area contributed by atoms with Gasteiger partial charge in [-0.1, -0.05) is 60.1 Å². The smallest absolute Gasteiger partial charge is 0.0631 e. The van der Waals surface area contributed by atoms with Gasteiger partial charge in [0, 0.05) is 19.3 Å². The van der Waals surface area contributed by atoms with Crippen LogP contribution in [-0.2, 0) is 4.18 Å². The maximum atomic E-state index is 9.33. The summed E-state index contributed by atoms with van der Waals surface area (Å²) in [5.74, 6) is 1.16. The lowest BCUT2D eigenvalue weighted by atomic mass is 10.2. The molecule has 0 saturated heterocycles. The number of nitrogens with zero attached hydrogens (tertiary/aromatic N) is 1. The molecular weight excluding hydrogens is 376 g/mol. The minimum absolute atomic E-state index is 0.782. The number of allylic oxidation sites excluding steroid dienone is 4. The fourth-order valence-electron chi connectivity index (χ4n) is 2.27. The molecule has 2 N–H and O–H groups in total. The monoisotopic (exact) mass is 408 g/mol. The van der Waals surface area contributed by atoms with Crippen molar-refractivity contribution in [3.63, 3.8) is 0 Å². The maximum absolute atomic E-state index is 9.33. The molecule has 0 aliphatic heterocycles. The second-order valence-corrected chi connectivity index (χ2v) is 8.19. The molecule has 150 valence electrons. The van der Waals surface area contributed by atoms with E-state index in [1.165, 1.54) is 36.8 Å². The van der Waals surface area contributed by atoms with Gasteiger partial charge in [0.05, 0.1) is 23.9 Å². The normalized spacial score (nSPS) is 11.8. The van der Waals surface area contributed by atoms with E-state index < -0.39 is 0 Å². The van der Waals surface area contributed by atoms with E-state index in [9.17, 15) is 5.21 Å². The molecule has 0 saturated carbocycles. The number of anilines is 1. The number of hydrogen-bond acceptors (Lipinski definition) is 6. The quantitative estimate of drug-likeness (QED) is 0.121. The molecular formula is C21H32N2O2S2. The standard InChI is InChI=1S/C21H32N2O2S2/c1-23(24)21-15-13-20(14-16-21)12-8-4-3-5-9-17-22-18-10-6-7-11-19-26-27-25-2/h3,5,8-9,12-17,22,24H,4,6-7,10-11,18-19H2,1-2H3/b5-3-,12-8+,17-9-. The number of benzene rings is 1. The van der Waals surface area contributed by atoms with Crippen molar-refractivity contribution in [3.05, 3.63) is 60.3 Å². The van der Waals surface area contributed by atoms with Crippen LogP contribution in [0.1, 0.15) is 37.7 Å². The average molecular weight is 409 g/mol. The van der Waals surface area contributed by atoms with Gasteiger partial charge in [0.25, 0.3) is 0 Å². The van der Waals surface area contributed by atoms with Gasteiger partial charge in [-0.3, -0.25) is 10.3 Å². The molecule has 1 aromatic rings. The predicted molar refractivity (Wildman–Crippen MR) is 122 cm³/mol. The molecule has 0 radical (unpaired) electrons. The summed E-state index contributed by atoms with van der Waals surface area (Å²) < 4.78 is 4.93. The number of rotatable bonds is 15. The maximum Gasteiger partial charge on any atom is 0.0631 e. The van der Waals surface area contributed by atoms with Crippen LogP contribution in [0.25, 0.3) is 6.08 Å². The Morgan fingerprint density at radius 3 is 2.59 bits per heavy atom. The first-order valence-corrected chi connectivity index (χ1v) is 11.5. The Hall–Kier alpha value is -1.34. The van der Waals surface area contributed by atoms with Crippen molar-refractivity contribution in [1.29, 1.82) is 0 Å². The van der Waals surface area contributed by atoms with E-state index in [0.717, 1.165) is 35.0 Å². The first-order chi connectivity index (χ1) is 13.2. The molecule has 0 fully saturated rings. The van der Waals surface area contributed by atoms with Gasteiger partial charge in [-0.25, -0.2) is 0 Å². The number of hydrogen-bond donors (Lipinski definition) is 2. The van der Waals surface area contributed by atoms with Crippen molar-refractivity contribution in [2.24, 2.45) is 0 Å². The number of unbranched alkanes of at least 4 members (excludes halogenated alkanes) is 3. The minimum Gasteiger partial charge on any atom is -0.391 e. The zero-order valence-electron chi connectivity index (χ0n) is 16.3. The largest absolute Gasteiger partial charge is 0.391 e. The molecule has 4 nitrogen and oxygen atoms in total. The van der Waals surface area contributed by atoms with E-state index in [2.05, 4.69) is 29.6 Å². The van der Waals surface area contributed by atoms with Gasteiger partial charge < -0.3 is 9.50 Å². The fourth-order valence-corrected chi connectivity index (χ4v) is 3.60. The molecule has 0 amide bonds. The van der Waals surface area contributed by atoms with Crippen LogP contribution in [0.4, 0.5) is 5.69 Å². The topological polar surface area (TPSA) is 44.7 Å². The Bertz CT molecular complexity index is 558.